The molecule has 120 valence electrons. The number of carbonyl (C=O) groups excluding carboxylic acids is 2. The maximum absolute atomic E-state index is 13.3. The summed E-state index contributed by atoms with van der Waals surface area (Å²) in [5.74, 6) is -4.06. The molecule has 1 aliphatic heterocycles. The molecule has 0 radical (unpaired) electrons. The van der Waals surface area contributed by atoms with E-state index in [1.165, 1.54) is 6.07 Å². The SMILES string of the molecule is [2H]C1([2H])CN(CC(=O)[O-])CC([2H])([2H])C1CNC(=O)c1cc(F)cc(Cl)c1.[Li+]. The zero-order valence-corrected chi connectivity index (χ0v) is 13.3. The Morgan fingerprint density at radius 3 is 2.61 bits per heavy atom. The van der Waals surface area contributed by atoms with Gasteiger partial charge in [0, 0.05) is 29.2 Å². The van der Waals surface area contributed by atoms with E-state index in [1.54, 1.807) is 0 Å². The normalized spacial score (nSPS) is 22.7. The summed E-state index contributed by atoms with van der Waals surface area (Å²) in [5.41, 5.74) is -0.0643. The number of carbonyl (C=O) groups is 2. The summed E-state index contributed by atoms with van der Waals surface area (Å²) in [7, 11) is 0. The van der Waals surface area contributed by atoms with Gasteiger partial charge in [-0.3, -0.25) is 9.69 Å². The van der Waals surface area contributed by atoms with E-state index < -0.39 is 42.9 Å². The van der Waals surface area contributed by atoms with Crippen molar-refractivity contribution >= 4 is 23.5 Å². The Bertz CT molecular complexity index is 688. The second-order valence-electron chi connectivity index (χ2n) is 4.85. The van der Waals surface area contributed by atoms with Crippen molar-refractivity contribution in [2.24, 2.45) is 5.92 Å². The second kappa shape index (κ2) is 9.29. The third-order valence-corrected chi connectivity index (χ3v) is 3.28. The van der Waals surface area contributed by atoms with Gasteiger partial charge in [-0.25, -0.2) is 4.39 Å². The third-order valence-electron chi connectivity index (χ3n) is 3.07. The first kappa shape index (κ1) is 14.3. The van der Waals surface area contributed by atoms with Gasteiger partial charge in [-0.05, 0) is 50.0 Å². The summed E-state index contributed by atoms with van der Waals surface area (Å²) in [6.45, 7) is -1.55. The van der Waals surface area contributed by atoms with Gasteiger partial charge in [0.05, 0.1) is 5.97 Å². The van der Waals surface area contributed by atoms with E-state index in [-0.39, 0.29) is 49.1 Å². The molecule has 0 atom stereocenters. The van der Waals surface area contributed by atoms with Crippen LogP contribution in [0.1, 0.15) is 28.6 Å². The second-order valence-corrected chi connectivity index (χ2v) is 5.28. The summed E-state index contributed by atoms with van der Waals surface area (Å²) >= 11 is 5.69. The van der Waals surface area contributed by atoms with Crippen LogP contribution in [0.4, 0.5) is 4.39 Å². The molecule has 23 heavy (non-hydrogen) atoms. The Morgan fingerprint density at radius 1 is 1.39 bits per heavy atom. The van der Waals surface area contributed by atoms with E-state index in [1.807, 2.05) is 0 Å². The Labute approximate surface area is 157 Å². The van der Waals surface area contributed by atoms with Gasteiger partial charge in [-0.15, -0.1) is 0 Å². The molecule has 0 bridgehead atoms. The molecule has 0 aromatic heterocycles. The fraction of sp³-hybridized carbons (Fsp3) is 0.467. The van der Waals surface area contributed by atoms with Crippen LogP contribution in [-0.2, 0) is 4.79 Å². The van der Waals surface area contributed by atoms with Gasteiger partial charge < -0.3 is 15.2 Å². The van der Waals surface area contributed by atoms with Crippen molar-refractivity contribution < 1.29 is 43.4 Å². The summed E-state index contributed by atoms with van der Waals surface area (Å²) in [6.07, 6.45) is -4.19. The van der Waals surface area contributed by atoms with E-state index in [9.17, 15) is 19.1 Å². The first-order valence-electron chi connectivity index (χ1n) is 8.57. The van der Waals surface area contributed by atoms with Crippen molar-refractivity contribution in [3.05, 3.63) is 34.6 Å². The van der Waals surface area contributed by atoms with Crippen LogP contribution in [0.3, 0.4) is 0 Å². The monoisotopic (exact) mass is 338 g/mol. The van der Waals surface area contributed by atoms with Gasteiger partial charge in [0.2, 0.25) is 0 Å². The number of amides is 1. The molecule has 5 nitrogen and oxygen atoms in total. The number of carboxylic acids is 1. The van der Waals surface area contributed by atoms with Crippen LogP contribution in [0.25, 0.3) is 0 Å². The standard InChI is InChI=1S/C15H18ClFN2O3.Li/c16-12-5-11(6-13(17)7-12)15(22)18-8-10-1-3-19(4-2-10)9-14(20)21;/h5-7,10H,1-4,8-9H2,(H,18,22)(H,20,21);/q;+1/p-1/i1D2,2D2;. The molecule has 1 aromatic carbocycles. The summed E-state index contributed by atoms with van der Waals surface area (Å²) < 4.78 is 45.6. The Morgan fingerprint density at radius 2 is 2.04 bits per heavy atom. The number of aliphatic carboxylic acids is 1. The molecule has 8 heteroatoms. The van der Waals surface area contributed by atoms with Crippen molar-refractivity contribution in [2.75, 3.05) is 26.2 Å². The van der Waals surface area contributed by atoms with Crippen LogP contribution < -0.4 is 29.3 Å². The first-order chi connectivity index (χ1) is 11.9. The van der Waals surface area contributed by atoms with Crippen molar-refractivity contribution in [1.82, 2.24) is 10.2 Å². The number of likely N-dealkylation sites (tertiary alicyclic amines) is 1. The molecule has 0 aliphatic carbocycles. The Hall–Kier alpha value is -1.06. The molecule has 1 amide bonds. The van der Waals surface area contributed by atoms with Crippen LogP contribution in [0.5, 0.6) is 0 Å². The number of hydrogen-bond donors (Lipinski definition) is 1. The molecule has 1 heterocycles. The van der Waals surface area contributed by atoms with Gasteiger partial charge in [0.25, 0.3) is 5.91 Å². The molecule has 2 rings (SSSR count). The van der Waals surface area contributed by atoms with Crippen molar-refractivity contribution in [3.63, 3.8) is 0 Å². The van der Waals surface area contributed by atoms with E-state index in [2.05, 4.69) is 5.32 Å². The molecule has 1 fully saturated rings. The van der Waals surface area contributed by atoms with Crippen LogP contribution in [-0.4, -0.2) is 43.0 Å². The minimum absolute atomic E-state index is 0. The van der Waals surface area contributed by atoms with Crippen LogP contribution in [0.15, 0.2) is 18.2 Å². The van der Waals surface area contributed by atoms with E-state index in [0.717, 1.165) is 17.0 Å². The van der Waals surface area contributed by atoms with Crippen LogP contribution in [0, 0.1) is 11.7 Å². The van der Waals surface area contributed by atoms with Crippen molar-refractivity contribution in [3.8, 4) is 0 Å². The predicted molar refractivity (Wildman–Crippen MR) is 77.9 cm³/mol. The van der Waals surface area contributed by atoms with Gasteiger partial charge in [-0.2, -0.15) is 0 Å². The van der Waals surface area contributed by atoms with Gasteiger partial charge in [-0.1, -0.05) is 11.6 Å². The Balaban J connectivity index is 0.00000364. The molecule has 1 saturated heterocycles. The minimum atomic E-state index is -2.09. The fourth-order valence-electron chi connectivity index (χ4n) is 2.03. The number of benzene rings is 1. The minimum Gasteiger partial charge on any atom is -0.549 e. The largest absolute Gasteiger partial charge is 1.00 e. The number of nitrogens with one attached hydrogen (secondary N) is 1. The van der Waals surface area contributed by atoms with E-state index >= 15 is 0 Å². The molecule has 0 unspecified atom stereocenters. The third kappa shape index (κ3) is 6.52. The fourth-order valence-corrected chi connectivity index (χ4v) is 2.25. The molecule has 1 N–H and O–H groups in total. The van der Waals surface area contributed by atoms with Crippen LogP contribution in [0.2, 0.25) is 5.02 Å². The average Bonchev–Trinajstić information content (AvgIpc) is 2.42. The van der Waals surface area contributed by atoms with Crippen LogP contribution >= 0.6 is 11.6 Å². The summed E-state index contributed by atoms with van der Waals surface area (Å²) in [6, 6.07) is 3.24. The maximum atomic E-state index is 13.3. The van der Waals surface area contributed by atoms with Gasteiger partial charge in [0.1, 0.15) is 5.82 Å². The quantitative estimate of drug-likeness (QED) is 0.612. The van der Waals surface area contributed by atoms with Crippen molar-refractivity contribution in [2.45, 2.75) is 12.7 Å². The molecular formula is C15H17ClFLiN2O3. The molecule has 0 spiro atoms. The van der Waals surface area contributed by atoms with Gasteiger partial charge in [0.15, 0.2) is 0 Å². The first-order valence-corrected chi connectivity index (χ1v) is 6.95. The Kier molecular flexibility index (Phi) is 5.77. The van der Waals surface area contributed by atoms with Crippen molar-refractivity contribution in [1.29, 1.82) is 0 Å². The van der Waals surface area contributed by atoms with E-state index in [4.69, 9.17) is 17.1 Å². The number of rotatable bonds is 5. The van der Waals surface area contributed by atoms with Gasteiger partial charge >= 0.3 is 18.9 Å². The zero-order chi connectivity index (χ0) is 19.7. The summed E-state index contributed by atoms with van der Waals surface area (Å²) in [5, 5.41) is 13.1. The number of hydrogen-bond acceptors (Lipinski definition) is 4. The molecule has 0 saturated carbocycles. The average molecular weight is 339 g/mol. The van der Waals surface area contributed by atoms with E-state index in [0.29, 0.717) is 0 Å². The zero-order valence-electron chi connectivity index (χ0n) is 16.6. The maximum Gasteiger partial charge on any atom is 1.00 e. The molecular weight excluding hydrogens is 318 g/mol. The number of nitrogens with zero attached hydrogens (tertiary/aromatic N) is 1. The topological polar surface area (TPSA) is 72.5 Å². The molecule has 1 aliphatic rings. The smallest absolute Gasteiger partial charge is 0.549 e. The number of carboxylic acid groups (broad SMARTS) is 1. The predicted octanol–water partition coefficient (Wildman–Crippen LogP) is -2.33. The summed E-state index contributed by atoms with van der Waals surface area (Å²) in [4.78, 5) is 24.0. The molecule has 1 aromatic rings. The number of halogens is 2. The number of piperidine rings is 1.